The molecule has 1 unspecified atom stereocenters. The van der Waals surface area contributed by atoms with Crippen molar-refractivity contribution in [3.63, 3.8) is 0 Å². The zero-order valence-corrected chi connectivity index (χ0v) is 15.6. The summed E-state index contributed by atoms with van der Waals surface area (Å²) in [7, 11) is -1.66. The summed E-state index contributed by atoms with van der Waals surface area (Å²) in [6.07, 6.45) is -4.42. The van der Waals surface area contributed by atoms with Gasteiger partial charge in [0.2, 0.25) is 0 Å². The number of hydrogen-bond donors (Lipinski definition) is 0. The molecule has 0 radical (unpaired) electrons. The Morgan fingerprint density at radius 1 is 0.897 bits per heavy atom. The first-order chi connectivity index (χ1) is 13.8. The summed E-state index contributed by atoms with van der Waals surface area (Å²) in [5, 5.41) is -0.00356. The van der Waals surface area contributed by atoms with Crippen LogP contribution in [-0.2, 0) is 22.7 Å². The predicted octanol–water partition coefficient (Wildman–Crippen LogP) is 5.96. The summed E-state index contributed by atoms with van der Waals surface area (Å²) in [5.41, 5.74) is 2.22. The first-order valence-electron chi connectivity index (χ1n) is 8.51. The second-order valence-corrected chi connectivity index (χ2v) is 7.68. The lowest BCUT2D eigenvalue weighted by molar-refractivity contribution is -0.137. The van der Waals surface area contributed by atoms with E-state index in [0.29, 0.717) is 16.7 Å². The maximum absolute atomic E-state index is 13.1. The standard InChI is InChI=1S/C21H13F4NO2S/c22-17-8-3-14(4-9-17)15-5-10-18-19(11-15)28-20(26-18)29(27)12-13-1-6-16(7-2-13)21(23,24)25/h1-11H,12H2. The van der Waals surface area contributed by atoms with Crippen LogP contribution in [0.25, 0.3) is 22.2 Å². The maximum atomic E-state index is 13.1. The fourth-order valence-electron chi connectivity index (χ4n) is 2.83. The van der Waals surface area contributed by atoms with Crippen molar-refractivity contribution in [3.05, 3.63) is 83.7 Å². The number of aromatic nitrogens is 1. The van der Waals surface area contributed by atoms with Crippen LogP contribution >= 0.6 is 0 Å². The van der Waals surface area contributed by atoms with Gasteiger partial charge < -0.3 is 4.42 Å². The molecule has 0 N–H and O–H groups in total. The highest BCUT2D eigenvalue weighted by Crippen LogP contribution is 2.30. The van der Waals surface area contributed by atoms with Gasteiger partial charge in [-0.2, -0.15) is 13.2 Å². The molecule has 3 aromatic carbocycles. The third-order valence-electron chi connectivity index (χ3n) is 4.32. The van der Waals surface area contributed by atoms with E-state index in [9.17, 15) is 21.8 Å². The van der Waals surface area contributed by atoms with Crippen LogP contribution in [0.2, 0.25) is 0 Å². The molecule has 0 fully saturated rings. The number of benzene rings is 3. The van der Waals surface area contributed by atoms with E-state index in [2.05, 4.69) is 4.98 Å². The van der Waals surface area contributed by atoms with Gasteiger partial charge in [0.1, 0.15) is 22.1 Å². The second kappa shape index (κ2) is 7.44. The molecule has 0 aliphatic heterocycles. The molecule has 0 amide bonds. The minimum Gasteiger partial charge on any atom is -0.430 e. The molecule has 0 spiro atoms. The number of alkyl halides is 3. The molecule has 1 aromatic heterocycles. The molecular weight excluding hydrogens is 406 g/mol. The van der Waals surface area contributed by atoms with Gasteiger partial charge in [-0.15, -0.1) is 0 Å². The van der Waals surface area contributed by atoms with Crippen molar-refractivity contribution in [1.29, 1.82) is 0 Å². The van der Waals surface area contributed by atoms with E-state index < -0.39 is 22.5 Å². The van der Waals surface area contributed by atoms with Crippen LogP contribution in [0.15, 0.2) is 76.4 Å². The van der Waals surface area contributed by atoms with Gasteiger partial charge in [0.25, 0.3) is 5.22 Å². The van der Waals surface area contributed by atoms with Gasteiger partial charge in [-0.05, 0) is 53.1 Å². The Balaban J connectivity index is 1.56. The Morgan fingerprint density at radius 3 is 2.21 bits per heavy atom. The molecule has 148 valence electrons. The highest BCUT2D eigenvalue weighted by atomic mass is 32.2. The molecule has 0 saturated carbocycles. The first-order valence-corrected chi connectivity index (χ1v) is 9.82. The fraction of sp³-hybridized carbons (Fsp3) is 0.0952. The molecule has 1 heterocycles. The van der Waals surface area contributed by atoms with Crippen molar-refractivity contribution < 1.29 is 26.2 Å². The Bertz CT molecular complexity index is 1180. The summed E-state index contributed by atoms with van der Waals surface area (Å²) >= 11 is 0. The lowest BCUT2D eigenvalue weighted by Crippen LogP contribution is -2.05. The van der Waals surface area contributed by atoms with Gasteiger partial charge >= 0.3 is 6.18 Å². The SMILES string of the molecule is O=S(Cc1ccc(C(F)(F)F)cc1)c1nc2ccc(-c3ccc(F)cc3)cc2o1. The van der Waals surface area contributed by atoms with Crippen molar-refractivity contribution in [2.24, 2.45) is 0 Å². The molecule has 1 atom stereocenters. The van der Waals surface area contributed by atoms with Gasteiger partial charge in [0.15, 0.2) is 5.58 Å². The second-order valence-electron chi connectivity index (χ2n) is 6.35. The van der Waals surface area contributed by atoms with E-state index in [0.717, 1.165) is 23.3 Å². The minimum atomic E-state index is -4.42. The van der Waals surface area contributed by atoms with Crippen molar-refractivity contribution in [3.8, 4) is 11.1 Å². The zero-order valence-electron chi connectivity index (χ0n) is 14.7. The van der Waals surface area contributed by atoms with Crippen molar-refractivity contribution >= 4 is 21.9 Å². The van der Waals surface area contributed by atoms with Crippen molar-refractivity contribution in [2.75, 3.05) is 0 Å². The van der Waals surface area contributed by atoms with Crippen LogP contribution in [0.3, 0.4) is 0 Å². The Hall–Kier alpha value is -3.00. The van der Waals surface area contributed by atoms with E-state index in [1.165, 1.54) is 24.3 Å². The molecule has 0 aliphatic rings. The summed E-state index contributed by atoms with van der Waals surface area (Å²) < 4.78 is 69.1. The average Bonchev–Trinajstić information content (AvgIpc) is 3.12. The largest absolute Gasteiger partial charge is 0.430 e. The van der Waals surface area contributed by atoms with Gasteiger partial charge in [0, 0.05) is 0 Å². The monoisotopic (exact) mass is 419 g/mol. The van der Waals surface area contributed by atoms with Crippen LogP contribution in [0, 0.1) is 5.82 Å². The van der Waals surface area contributed by atoms with Crippen LogP contribution < -0.4 is 0 Å². The molecular formula is C21H13F4NO2S. The highest BCUT2D eigenvalue weighted by Gasteiger charge is 2.30. The number of fused-ring (bicyclic) bond motifs is 1. The minimum absolute atomic E-state index is 0.00356. The number of oxazole rings is 1. The number of nitrogens with zero attached hydrogens (tertiary/aromatic N) is 1. The quantitative estimate of drug-likeness (QED) is 0.383. The van der Waals surface area contributed by atoms with Gasteiger partial charge in [-0.3, -0.25) is 0 Å². The number of hydrogen-bond acceptors (Lipinski definition) is 3. The smallest absolute Gasteiger partial charge is 0.416 e. The predicted molar refractivity (Wildman–Crippen MR) is 101 cm³/mol. The van der Waals surface area contributed by atoms with Crippen molar-refractivity contribution in [2.45, 2.75) is 17.2 Å². The molecule has 4 rings (SSSR count). The summed E-state index contributed by atoms with van der Waals surface area (Å²) in [5.74, 6) is -0.356. The van der Waals surface area contributed by atoms with Crippen LogP contribution in [0.1, 0.15) is 11.1 Å². The molecule has 0 saturated heterocycles. The lowest BCUT2D eigenvalue weighted by Gasteiger charge is -2.06. The van der Waals surface area contributed by atoms with Crippen LogP contribution in [0.5, 0.6) is 0 Å². The molecule has 4 aromatic rings. The third kappa shape index (κ3) is 4.22. The van der Waals surface area contributed by atoms with Crippen LogP contribution in [-0.4, -0.2) is 9.19 Å². The van der Waals surface area contributed by atoms with E-state index in [4.69, 9.17) is 4.42 Å². The molecule has 29 heavy (non-hydrogen) atoms. The summed E-state index contributed by atoms with van der Waals surface area (Å²) in [6, 6.07) is 15.7. The first kappa shape index (κ1) is 19.3. The van der Waals surface area contributed by atoms with E-state index >= 15 is 0 Å². The van der Waals surface area contributed by atoms with E-state index in [-0.39, 0.29) is 16.8 Å². The normalized spacial score (nSPS) is 13.0. The molecule has 8 heteroatoms. The summed E-state index contributed by atoms with van der Waals surface area (Å²) in [4.78, 5) is 4.21. The molecule has 0 aliphatic carbocycles. The lowest BCUT2D eigenvalue weighted by atomic mass is 10.1. The third-order valence-corrected chi connectivity index (χ3v) is 5.48. The average molecular weight is 419 g/mol. The van der Waals surface area contributed by atoms with Gasteiger partial charge in [-0.25, -0.2) is 13.6 Å². The molecule has 3 nitrogen and oxygen atoms in total. The van der Waals surface area contributed by atoms with Crippen molar-refractivity contribution in [1.82, 2.24) is 4.98 Å². The maximum Gasteiger partial charge on any atom is 0.416 e. The van der Waals surface area contributed by atoms with Gasteiger partial charge in [0.05, 0.1) is 11.3 Å². The number of rotatable bonds is 4. The highest BCUT2D eigenvalue weighted by molar-refractivity contribution is 7.84. The van der Waals surface area contributed by atoms with Gasteiger partial charge in [-0.1, -0.05) is 30.3 Å². The number of halogens is 4. The van der Waals surface area contributed by atoms with Crippen LogP contribution in [0.4, 0.5) is 17.6 Å². The fourth-order valence-corrected chi connectivity index (χ4v) is 3.83. The summed E-state index contributed by atoms with van der Waals surface area (Å²) in [6.45, 7) is 0. The van der Waals surface area contributed by atoms with E-state index in [1.807, 2.05) is 0 Å². The molecule has 0 bridgehead atoms. The zero-order chi connectivity index (χ0) is 20.6. The Morgan fingerprint density at radius 2 is 1.55 bits per heavy atom. The van der Waals surface area contributed by atoms with E-state index in [1.54, 1.807) is 30.3 Å². The Kier molecular flexibility index (Phi) is 4.96. The Labute approximate surface area is 165 Å². The topological polar surface area (TPSA) is 43.1 Å².